The standard InChI is InChI=1S/C22H26N4O4S2/c1-4-15(5-2)21-24-25-22(31-21)23-20(27)16-7-9-17(10-8-16)26-32(28,29)19-13-11-18(12-14-19)30-6-3/h7-15,26H,4-6H2,1-3H3,(H,23,25,27). The van der Waals surface area contributed by atoms with Crippen molar-refractivity contribution in [2.75, 3.05) is 16.6 Å². The molecule has 32 heavy (non-hydrogen) atoms. The SMILES string of the molecule is CCOc1ccc(S(=O)(=O)Nc2ccc(C(=O)Nc3nnc(C(CC)CC)s3)cc2)cc1. The van der Waals surface area contributed by atoms with Crippen molar-refractivity contribution in [3.05, 3.63) is 59.1 Å². The number of nitrogens with one attached hydrogen (secondary N) is 2. The van der Waals surface area contributed by atoms with E-state index in [1.54, 1.807) is 24.3 Å². The van der Waals surface area contributed by atoms with Gasteiger partial charge in [0.2, 0.25) is 5.13 Å². The molecule has 0 fully saturated rings. The first-order valence-electron chi connectivity index (χ1n) is 10.4. The van der Waals surface area contributed by atoms with Crippen LogP contribution < -0.4 is 14.8 Å². The highest BCUT2D eigenvalue weighted by atomic mass is 32.2. The van der Waals surface area contributed by atoms with Crippen LogP contribution in [0.1, 0.15) is 54.9 Å². The molecule has 0 saturated heterocycles. The number of aromatic nitrogens is 2. The van der Waals surface area contributed by atoms with Gasteiger partial charge < -0.3 is 4.74 Å². The molecular weight excluding hydrogens is 448 g/mol. The van der Waals surface area contributed by atoms with Crippen molar-refractivity contribution in [2.45, 2.75) is 44.4 Å². The van der Waals surface area contributed by atoms with E-state index < -0.39 is 10.0 Å². The van der Waals surface area contributed by atoms with E-state index in [0.717, 1.165) is 17.8 Å². The Hall–Kier alpha value is -2.98. The van der Waals surface area contributed by atoms with E-state index in [9.17, 15) is 13.2 Å². The van der Waals surface area contributed by atoms with Crippen LogP contribution in [0, 0.1) is 0 Å². The van der Waals surface area contributed by atoms with Gasteiger partial charge in [-0.3, -0.25) is 14.8 Å². The first kappa shape index (κ1) is 23.7. The summed E-state index contributed by atoms with van der Waals surface area (Å²) in [4.78, 5) is 12.6. The summed E-state index contributed by atoms with van der Waals surface area (Å²) in [5.74, 6) is 0.600. The van der Waals surface area contributed by atoms with Crippen molar-refractivity contribution in [3.8, 4) is 5.75 Å². The molecule has 10 heteroatoms. The number of carbonyl (C=O) groups excluding carboxylic acids is 1. The number of hydrogen-bond acceptors (Lipinski definition) is 7. The number of ether oxygens (including phenoxy) is 1. The van der Waals surface area contributed by atoms with Gasteiger partial charge in [-0.2, -0.15) is 0 Å². The molecule has 2 N–H and O–H groups in total. The van der Waals surface area contributed by atoms with E-state index in [1.807, 2.05) is 6.92 Å². The summed E-state index contributed by atoms with van der Waals surface area (Å²) in [5.41, 5.74) is 0.732. The minimum Gasteiger partial charge on any atom is -0.494 e. The van der Waals surface area contributed by atoms with Crippen LogP contribution in [0.2, 0.25) is 0 Å². The molecule has 0 unspecified atom stereocenters. The molecule has 1 amide bonds. The van der Waals surface area contributed by atoms with Gasteiger partial charge in [0, 0.05) is 17.2 Å². The summed E-state index contributed by atoms with van der Waals surface area (Å²) >= 11 is 1.37. The summed E-state index contributed by atoms with van der Waals surface area (Å²) in [5, 5.41) is 12.3. The average Bonchev–Trinajstić information content (AvgIpc) is 3.23. The molecule has 0 radical (unpaired) electrons. The first-order valence-corrected chi connectivity index (χ1v) is 12.7. The molecule has 2 aromatic carbocycles. The third kappa shape index (κ3) is 5.83. The Labute approximate surface area is 192 Å². The lowest BCUT2D eigenvalue weighted by atomic mass is 10.1. The lowest BCUT2D eigenvalue weighted by molar-refractivity contribution is 0.102. The summed E-state index contributed by atoms with van der Waals surface area (Å²) in [7, 11) is -3.76. The molecule has 1 heterocycles. The number of rotatable bonds is 10. The summed E-state index contributed by atoms with van der Waals surface area (Å²) in [6.07, 6.45) is 1.93. The highest BCUT2D eigenvalue weighted by molar-refractivity contribution is 7.92. The minimum absolute atomic E-state index is 0.118. The molecule has 0 bridgehead atoms. The fourth-order valence-corrected chi connectivity index (χ4v) is 5.11. The number of hydrogen-bond donors (Lipinski definition) is 2. The highest BCUT2D eigenvalue weighted by Gasteiger charge is 2.17. The third-order valence-electron chi connectivity index (χ3n) is 4.84. The lowest BCUT2D eigenvalue weighted by Crippen LogP contribution is -2.14. The fourth-order valence-electron chi connectivity index (χ4n) is 3.04. The number of amides is 1. The lowest BCUT2D eigenvalue weighted by Gasteiger charge is -2.10. The van der Waals surface area contributed by atoms with Gasteiger partial charge in [0.1, 0.15) is 10.8 Å². The van der Waals surface area contributed by atoms with Crippen LogP contribution in [-0.2, 0) is 10.0 Å². The second kappa shape index (κ2) is 10.6. The Kier molecular flexibility index (Phi) is 7.81. The second-order valence-corrected chi connectivity index (χ2v) is 9.69. The summed E-state index contributed by atoms with van der Waals surface area (Å²) in [6.45, 7) is 6.55. The molecule has 0 atom stereocenters. The van der Waals surface area contributed by atoms with E-state index in [0.29, 0.717) is 34.7 Å². The monoisotopic (exact) mass is 474 g/mol. The predicted molar refractivity (Wildman–Crippen MR) is 126 cm³/mol. The smallest absolute Gasteiger partial charge is 0.261 e. The van der Waals surface area contributed by atoms with Crippen molar-refractivity contribution in [2.24, 2.45) is 0 Å². The van der Waals surface area contributed by atoms with Crippen LogP contribution >= 0.6 is 11.3 Å². The van der Waals surface area contributed by atoms with Gasteiger partial charge >= 0.3 is 0 Å². The zero-order valence-corrected chi connectivity index (χ0v) is 19.8. The van der Waals surface area contributed by atoms with E-state index >= 15 is 0 Å². The van der Waals surface area contributed by atoms with Crippen molar-refractivity contribution in [3.63, 3.8) is 0 Å². The molecule has 0 aliphatic heterocycles. The molecule has 3 aromatic rings. The molecule has 8 nitrogen and oxygen atoms in total. The summed E-state index contributed by atoms with van der Waals surface area (Å²) in [6, 6.07) is 12.3. The third-order valence-corrected chi connectivity index (χ3v) is 7.24. The highest BCUT2D eigenvalue weighted by Crippen LogP contribution is 2.28. The Bertz CT molecular complexity index is 1140. The van der Waals surface area contributed by atoms with E-state index in [4.69, 9.17) is 4.74 Å². The quantitative estimate of drug-likeness (QED) is 0.433. The zero-order chi connectivity index (χ0) is 23.1. The van der Waals surface area contributed by atoms with Gasteiger partial charge in [0.05, 0.1) is 11.5 Å². The number of sulfonamides is 1. The topological polar surface area (TPSA) is 110 Å². The maximum atomic E-state index is 12.6. The van der Waals surface area contributed by atoms with Crippen molar-refractivity contribution in [1.82, 2.24) is 10.2 Å². The molecule has 0 aliphatic carbocycles. The van der Waals surface area contributed by atoms with Crippen molar-refractivity contribution >= 4 is 38.1 Å². The Balaban J connectivity index is 1.64. The first-order chi connectivity index (χ1) is 15.4. The number of anilines is 2. The number of nitrogens with zero attached hydrogens (tertiary/aromatic N) is 2. The largest absolute Gasteiger partial charge is 0.494 e. The molecule has 0 saturated carbocycles. The Morgan fingerprint density at radius 1 is 1.00 bits per heavy atom. The minimum atomic E-state index is -3.76. The summed E-state index contributed by atoms with van der Waals surface area (Å²) < 4.78 is 33.0. The zero-order valence-electron chi connectivity index (χ0n) is 18.2. The molecule has 170 valence electrons. The van der Waals surface area contributed by atoms with Crippen LogP contribution in [0.15, 0.2) is 53.4 Å². The van der Waals surface area contributed by atoms with Crippen molar-refractivity contribution < 1.29 is 17.9 Å². The van der Waals surface area contributed by atoms with Gasteiger partial charge in [-0.25, -0.2) is 8.42 Å². The average molecular weight is 475 g/mol. The van der Waals surface area contributed by atoms with Crippen LogP contribution in [-0.4, -0.2) is 31.1 Å². The van der Waals surface area contributed by atoms with E-state index in [2.05, 4.69) is 34.1 Å². The molecule has 0 spiro atoms. The van der Waals surface area contributed by atoms with Crippen molar-refractivity contribution in [1.29, 1.82) is 0 Å². The van der Waals surface area contributed by atoms with Gasteiger partial charge in [0.25, 0.3) is 15.9 Å². The molecule has 0 aliphatic rings. The van der Waals surface area contributed by atoms with Gasteiger partial charge in [-0.15, -0.1) is 10.2 Å². The van der Waals surface area contributed by atoms with Gasteiger partial charge in [0.15, 0.2) is 0 Å². The number of benzene rings is 2. The fraction of sp³-hybridized carbons (Fsp3) is 0.318. The van der Waals surface area contributed by atoms with Crippen LogP contribution in [0.3, 0.4) is 0 Å². The molecule has 3 rings (SSSR count). The van der Waals surface area contributed by atoms with E-state index in [-0.39, 0.29) is 10.8 Å². The van der Waals surface area contributed by atoms with Crippen LogP contribution in [0.5, 0.6) is 5.75 Å². The van der Waals surface area contributed by atoms with Crippen LogP contribution in [0.4, 0.5) is 10.8 Å². The second-order valence-electron chi connectivity index (χ2n) is 7.00. The van der Waals surface area contributed by atoms with Gasteiger partial charge in [-0.1, -0.05) is 25.2 Å². The molecular formula is C22H26N4O4S2. The maximum Gasteiger partial charge on any atom is 0.261 e. The maximum absolute atomic E-state index is 12.6. The predicted octanol–water partition coefficient (Wildman–Crippen LogP) is 4.89. The van der Waals surface area contributed by atoms with Gasteiger partial charge in [-0.05, 0) is 68.3 Å². The normalized spacial score (nSPS) is 11.4. The number of carbonyl (C=O) groups is 1. The van der Waals surface area contributed by atoms with E-state index in [1.165, 1.54) is 35.6 Å². The Morgan fingerprint density at radius 3 is 2.25 bits per heavy atom. The Morgan fingerprint density at radius 2 is 1.66 bits per heavy atom. The molecule has 1 aromatic heterocycles. The van der Waals surface area contributed by atoms with Crippen LogP contribution in [0.25, 0.3) is 0 Å².